The highest BCUT2D eigenvalue weighted by Crippen LogP contribution is 2.41. The Balaban J connectivity index is 1.46. The summed E-state index contributed by atoms with van der Waals surface area (Å²) in [5, 5.41) is 9.98. The minimum absolute atomic E-state index is 0.0405. The van der Waals surface area contributed by atoms with Crippen LogP contribution in [0.2, 0.25) is 0 Å². The summed E-state index contributed by atoms with van der Waals surface area (Å²) in [5.74, 6) is -4.10. The quantitative estimate of drug-likeness (QED) is 0.350. The molecule has 206 valence electrons. The molecule has 5 rings (SSSR count). The molecule has 1 N–H and O–H groups in total. The van der Waals surface area contributed by atoms with Crippen molar-refractivity contribution in [3.8, 4) is 0 Å². The van der Waals surface area contributed by atoms with Crippen LogP contribution in [0, 0.1) is 17.5 Å². The summed E-state index contributed by atoms with van der Waals surface area (Å²) in [6.07, 6.45) is 2.52. The Labute approximate surface area is 224 Å². The van der Waals surface area contributed by atoms with Crippen LogP contribution >= 0.6 is 0 Å². The number of aromatic nitrogens is 2. The van der Waals surface area contributed by atoms with Crippen molar-refractivity contribution in [2.24, 2.45) is 0 Å². The molecule has 0 spiro atoms. The fourth-order valence-electron chi connectivity index (χ4n) is 5.69. The van der Waals surface area contributed by atoms with Crippen molar-refractivity contribution in [3.05, 3.63) is 88.5 Å². The molecule has 0 bridgehead atoms. The van der Waals surface area contributed by atoms with Gasteiger partial charge < -0.3 is 10.0 Å². The van der Waals surface area contributed by atoms with E-state index in [4.69, 9.17) is 0 Å². The molecule has 0 saturated heterocycles. The number of fused-ring (bicyclic) bond motifs is 1. The number of amides is 1. The van der Waals surface area contributed by atoms with E-state index in [0.717, 1.165) is 23.4 Å². The highest BCUT2D eigenvalue weighted by molar-refractivity contribution is 7.90. The van der Waals surface area contributed by atoms with E-state index >= 15 is 0 Å². The highest BCUT2D eigenvalue weighted by Gasteiger charge is 2.42. The predicted molar refractivity (Wildman–Crippen MR) is 135 cm³/mol. The van der Waals surface area contributed by atoms with Crippen LogP contribution in [0.1, 0.15) is 47.6 Å². The highest BCUT2D eigenvalue weighted by atomic mass is 32.2. The number of halogens is 3. The Kier molecular flexibility index (Phi) is 7.34. The van der Waals surface area contributed by atoms with Crippen LogP contribution in [-0.4, -0.2) is 57.7 Å². The topological polar surface area (TPSA) is 104 Å². The molecule has 1 amide bonds. The third-order valence-electron chi connectivity index (χ3n) is 7.58. The number of hydrogen-bond acceptors (Lipinski definition) is 6. The summed E-state index contributed by atoms with van der Waals surface area (Å²) < 4.78 is 66.7. The van der Waals surface area contributed by atoms with Gasteiger partial charge in [-0.1, -0.05) is 30.3 Å². The Morgan fingerprint density at radius 3 is 2.49 bits per heavy atom. The molecule has 1 aliphatic heterocycles. The molecule has 1 fully saturated rings. The smallest absolute Gasteiger partial charge is 0.407 e. The van der Waals surface area contributed by atoms with Crippen LogP contribution in [-0.2, 0) is 29.5 Å². The normalized spacial score (nSPS) is 21.5. The van der Waals surface area contributed by atoms with E-state index in [2.05, 4.69) is 14.9 Å². The number of benzene rings is 2. The number of rotatable bonds is 6. The average Bonchev–Trinajstić information content (AvgIpc) is 3.33. The third-order valence-corrected chi connectivity index (χ3v) is 8.44. The maximum atomic E-state index is 14.9. The molecule has 1 aliphatic carbocycles. The van der Waals surface area contributed by atoms with Crippen LogP contribution in [0.4, 0.5) is 18.0 Å². The molecule has 1 aromatic heterocycles. The maximum absolute atomic E-state index is 14.9. The van der Waals surface area contributed by atoms with E-state index < -0.39 is 45.3 Å². The number of hydrogen-bond donors (Lipinski definition) is 1. The summed E-state index contributed by atoms with van der Waals surface area (Å²) in [5.41, 5.74) is 2.07. The van der Waals surface area contributed by atoms with Crippen molar-refractivity contribution in [3.63, 3.8) is 0 Å². The van der Waals surface area contributed by atoms with Gasteiger partial charge in [-0.05, 0) is 36.5 Å². The van der Waals surface area contributed by atoms with Gasteiger partial charge >= 0.3 is 6.09 Å². The van der Waals surface area contributed by atoms with Gasteiger partial charge in [-0.25, -0.2) is 36.4 Å². The van der Waals surface area contributed by atoms with Gasteiger partial charge in [0.1, 0.15) is 5.82 Å². The lowest BCUT2D eigenvalue weighted by Crippen LogP contribution is -2.50. The molecule has 39 heavy (non-hydrogen) atoms. The molecule has 3 aromatic rings. The van der Waals surface area contributed by atoms with Crippen molar-refractivity contribution < 1.29 is 31.5 Å². The molecule has 2 aromatic carbocycles. The van der Waals surface area contributed by atoms with Crippen molar-refractivity contribution in [1.29, 1.82) is 0 Å². The van der Waals surface area contributed by atoms with Gasteiger partial charge in [0.05, 0.1) is 5.69 Å². The molecule has 0 radical (unpaired) electrons. The minimum atomic E-state index is -3.58. The van der Waals surface area contributed by atoms with Gasteiger partial charge in [-0.2, -0.15) is 0 Å². The zero-order chi connectivity index (χ0) is 27.9. The van der Waals surface area contributed by atoms with E-state index in [9.17, 15) is 31.5 Å². The van der Waals surface area contributed by atoms with Crippen molar-refractivity contribution >= 4 is 15.9 Å². The van der Waals surface area contributed by atoms with Crippen molar-refractivity contribution in [2.45, 2.75) is 62.1 Å². The minimum Gasteiger partial charge on any atom is -0.465 e. The molecule has 0 unspecified atom stereocenters. The number of carbonyl (C=O) groups is 1. The Morgan fingerprint density at radius 1 is 1.08 bits per heavy atom. The van der Waals surface area contributed by atoms with Gasteiger partial charge in [0.25, 0.3) is 0 Å². The second-order valence-corrected chi connectivity index (χ2v) is 12.0. The van der Waals surface area contributed by atoms with Crippen molar-refractivity contribution in [2.75, 3.05) is 6.26 Å². The molecule has 2 heterocycles. The second-order valence-electron chi connectivity index (χ2n) is 10.1. The number of nitrogens with zero attached hydrogens (tertiary/aromatic N) is 4. The van der Waals surface area contributed by atoms with E-state index in [0.29, 0.717) is 44.1 Å². The molecule has 1 saturated carbocycles. The molecule has 2 aliphatic rings. The van der Waals surface area contributed by atoms with Gasteiger partial charge in [-0.3, -0.25) is 4.90 Å². The van der Waals surface area contributed by atoms with Gasteiger partial charge in [0, 0.05) is 61.7 Å². The fourth-order valence-corrected chi connectivity index (χ4v) is 6.21. The molecular weight excluding hydrogens is 533 g/mol. The van der Waals surface area contributed by atoms with Crippen LogP contribution in [0.25, 0.3) is 0 Å². The monoisotopic (exact) mass is 560 g/mol. The van der Waals surface area contributed by atoms with E-state index in [1.807, 2.05) is 6.07 Å². The first-order chi connectivity index (χ1) is 18.5. The molecule has 3 atom stereocenters. The SMILES string of the molecule is CS(=O)(=O)c1ncc2c(n1)CN([C@H]1CC[C@H](c3cc(F)c(F)cc3F)[C@@H](N(Cc3ccccc3)C(=O)O)C1)C2. The number of sulfone groups is 1. The van der Waals surface area contributed by atoms with E-state index in [-0.39, 0.29) is 23.3 Å². The first-order valence-corrected chi connectivity index (χ1v) is 14.4. The maximum Gasteiger partial charge on any atom is 0.407 e. The van der Waals surface area contributed by atoms with Crippen LogP contribution in [0.3, 0.4) is 0 Å². The summed E-state index contributed by atoms with van der Waals surface area (Å²) >= 11 is 0. The number of carboxylic acid groups (broad SMARTS) is 1. The van der Waals surface area contributed by atoms with E-state index in [1.54, 1.807) is 24.3 Å². The first kappa shape index (κ1) is 27.1. The van der Waals surface area contributed by atoms with Crippen molar-refractivity contribution in [1.82, 2.24) is 19.8 Å². The predicted octanol–water partition coefficient (Wildman–Crippen LogP) is 4.50. The summed E-state index contributed by atoms with van der Waals surface area (Å²) in [4.78, 5) is 24.1. The van der Waals surface area contributed by atoms with Gasteiger partial charge in [-0.15, -0.1) is 0 Å². The fraction of sp³-hybridized carbons (Fsp3) is 0.370. The lowest BCUT2D eigenvalue weighted by Gasteiger charge is -2.44. The van der Waals surface area contributed by atoms with Gasteiger partial charge in [0.2, 0.25) is 15.0 Å². The van der Waals surface area contributed by atoms with Crippen LogP contribution in [0.15, 0.2) is 53.8 Å². The second kappa shape index (κ2) is 10.6. The molecule has 8 nitrogen and oxygen atoms in total. The summed E-state index contributed by atoms with van der Waals surface area (Å²) in [6, 6.07) is 9.43. The lowest BCUT2D eigenvalue weighted by molar-refractivity contribution is 0.0596. The molecule has 12 heteroatoms. The zero-order valence-electron chi connectivity index (χ0n) is 21.1. The van der Waals surface area contributed by atoms with E-state index in [1.165, 1.54) is 11.1 Å². The van der Waals surface area contributed by atoms with Gasteiger partial charge in [0.15, 0.2) is 11.6 Å². The largest absolute Gasteiger partial charge is 0.465 e. The van der Waals surface area contributed by atoms with Crippen LogP contribution < -0.4 is 0 Å². The standard InChI is InChI=1S/C27H27F3N4O4S/c1-39(37,38)26-31-12-17-14-33(15-24(17)32-26)18-7-8-19(20-10-22(29)23(30)11-21(20)28)25(9-18)34(27(35)36)13-16-5-3-2-4-6-16/h2-6,10-12,18-19,25H,7-9,13-15H2,1H3,(H,35,36)/t18-,19+,25-/m0/s1. The zero-order valence-corrected chi connectivity index (χ0v) is 21.9. The average molecular weight is 561 g/mol. The Bertz CT molecular complexity index is 1510. The first-order valence-electron chi connectivity index (χ1n) is 12.5. The third kappa shape index (κ3) is 5.62. The lowest BCUT2D eigenvalue weighted by atomic mass is 9.76. The Morgan fingerprint density at radius 2 is 1.79 bits per heavy atom. The Hall–Kier alpha value is -3.51. The summed E-state index contributed by atoms with van der Waals surface area (Å²) in [7, 11) is -3.58. The summed E-state index contributed by atoms with van der Waals surface area (Å²) in [6.45, 7) is 0.846. The van der Waals surface area contributed by atoms with Crippen LogP contribution in [0.5, 0.6) is 0 Å². The molecular formula is C27H27F3N4O4S.